The summed E-state index contributed by atoms with van der Waals surface area (Å²) in [6.07, 6.45) is 3.25. The average molecular weight is 379 g/mol. The maximum Gasteiger partial charge on any atom is 0.305 e. The highest BCUT2D eigenvalue weighted by Crippen LogP contribution is 2.46. The number of benzene rings is 2. The highest BCUT2D eigenvalue weighted by Gasteiger charge is 2.37. The van der Waals surface area contributed by atoms with Crippen molar-refractivity contribution in [3.63, 3.8) is 0 Å². The Balaban J connectivity index is 1.84. The van der Waals surface area contributed by atoms with E-state index in [9.17, 15) is 9.59 Å². The molecule has 0 unspecified atom stereocenters. The normalized spacial score (nSPS) is 16.9. The molecule has 2 aromatic carbocycles. The van der Waals surface area contributed by atoms with Gasteiger partial charge < -0.3 is 4.74 Å². The number of methoxy groups -OCH3 is 1. The van der Waals surface area contributed by atoms with Gasteiger partial charge in [0.05, 0.1) is 7.11 Å². The van der Waals surface area contributed by atoms with Crippen LogP contribution < -0.4 is 0 Å². The van der Waals surface area contributed by atoms with E-state index in [1.807, 2.05) is 30.3 Å². The molecule has 148 valence electrons. The highest BCUT2D eigenvalue weighted by molar-refractivity contribution is 6.09. The molecule has 0 radical (unpaired) electrons. The molecule has 28 heavy (non-hydrogen) atoms. The molecule has 0 aromatic heterocycles. The zero-order valence-corrected chi connectivity index (χ0v) is 17.6. The van der Waals surface area contributed by atoms with Crippen LogP contribution in [0.1, 0.15) is 79.6 Å². The fourth-order valence-corrected chi connectivity index (χ4v) is 4.07. The van der Waals surface area contributed by atoms with Crippen LogP contribution in [0.2, 0.25) is 0 Å². The van der Waals surface area contributed by atoms with Gasteiger partial charge in [0.15, 0.2) is 5.78 Å². The number of aryl methyl sites for hydroxylation is 1. The Morgan fingerprint density at radius 3 is 2.04 bits per heavy atom. The summed E-state index contributed by atoms with van der Waals surface area (Å²) in [7, 11) is 1.39. The number of carbonyl (C=O) groups is 2. The lowest BCUT2D eigenvalue weighted by molar-refractivity contribution is -0.140. The molecule has 2 aromatic rings. The van der Waals surface area contributed by atoms with Crippen molar-refractivity contribution in [1.82, 2.24) is 0 Å². The summed E-state index contributed by atoms with van der Waals surface area (Å²) in [4.78, 5) is 24.3. The molecular formula is C25H30O3. The fraction of sp³-hybridized carbons (Fsp3) is 0.440. The summed E-state index contributed by atoms with van der Waals surface area (Å²) in [6, 6.07) is 13.8. The third kappa shape index (κ3) is 4.04. The number of fused-ring (bicyclic) bond motifs is 1. The molecule has 0 aliphatic heterocycles. The van der Waals surface area contributed by atoms with Gasteiger partial charge in [-0.05, 0) is 52.8 Å². The third-order valence-electron chi connectivity index (χ3n) is 6.18. The minimum atomic E-state index is -0.222. The van der Waals surface area contributed by atoms with E-state index >= 15 is 0 Å². The summed E-state index contributed by atoms with van der Waals surface area (Å²) in [5.41, 5.74) is 5.33. The lowest BCUT2D eigenvalue weighted by Gasteiger charge is -2.42. The Morgan fingerprint density at radius 1 is 0.857 bits per heavy atom. The Bertz CT molecular complexity index is 889. The molecule has 0 atom stereocenters. The van der Waals surface area contributed by atoms with E-state index in [4.69, 9.17) is 0 Å². The van der Waals surface area contributed by atoms with Crippen molar-refractivity contribution >= 4 is 11.8 Å². The Labute approximate surface area is 168 Å². The first-order valence-electron chi connectivity index (χ1n) is 9.99. The molecule has 3 rings (SSSR count). The maximum absolute atomic E-state index is 13.1. The van der Waals surface area contributed by atoms with Gasteiger partial charge in [-0.1, -0.05) is 64.1 Å². The van der Waals surface area contributed by atoms with Gasteiger partial charge in [-0.25, -0.2) is 0 Å². The highest BCUT2D eigenvalue weighted by atomic mass is 16.5. The number of ketones is 1. The van der Waals surface area contributed by atoms with Gasteiger partial charge in [-0.3, -0.25) is 9.59 Å². The fourth-order valence-electron chi connectivity index (χ4n) is 4.07. The zero-order chi connectivity index (χ0) is 20.5. The van der Waals surface area contributed by atoms with Crippen LogP contribution in [0.25, 0.3) is 0 Å². The molecule has 0 heterocycles. The van der Waals surface area contributed by atoms with Gasteiger partial charge in [0.2, 0.25) is 0 Å². The smallest absolute Gasteiger partial charge is 0.305 e. The molecule has 0 amide bonds. The van der Waals surface area contributed by atoms with Gasteiger partial charge in [0.1, 0.15) is 0 Å². The van der Waals surface area contributed by atoms with Crippen molar-refractivity contribution < 1.29 is 14.3 Å². The number of esters is 1. The van der Waals surface area contributed by atoms with Crippen LogP contribution in [0.3, 0.4) is 0 Å². The number of carbonyl (C=O) groups excluding carboxylic acids is 2. The van der Waals surface area contributed by atoms with Crippen molar-refractivity contribution in [2.45, 2.75) is 64.2 Å². The standard InChI is InChI=1S/C25H30O3/c1-24(2)14-15-25(3,4)21-16-19(11-12-20(21)24)23(27)18-9-6-17(7-10-18)8-13-22(26)28-5/h6-7,9-12,16H,8,13-15H2,1-5H3. The van der Waals surface area contributed by atoms with Crippen molar-refractivity contribution in [2.24, 2.45) is 0 Å². The summed E-state index contributed by atoms with van der Waals surface area (Å²) in [5, 5.41) is 0. The van der Waals surface area contributed by atoms with E-state index in [0.29, 0.717) is 18.4 Å². The van der Waals surface area contributed by atoms with Crippen molar-refractivity contribution in [1.29, 1.82) is 0 Å². The van der Waals surface area contributed by atoms with Crippen LogP contribution in [0, 0.1) is 0 Å². The second-order valence-corrected chi connectivity index (χ2v) is 9.13. The van der Waals surface area contributed by atoms with Crippen molar-refractivity contribution in [2.75, 3.05) is 7.11 Å². The van der Waals surface area contributed by atoms with Gasteiger partial charge in [-0.2, -0.15) is 0 Å². The largest absolute Gasteiger partial charge is 0.469 e. The van der Waals surface area contributed by atoms with E-state index in [1.54, 1.807) is 0 Å². The van der Waals surface area contributed by atoms with Crippen LogP contribution in [0.5, 0.6) is 0 Å². The van der Waals surface area contributed by atoms with E-state index in [-0.39, 0.29) is 22.6 Å². The average Bonchev–Trinajstić information content (AvgIpc) is 2.69. The zero-order valence-electron chi connectivity index (χ0n) is 17.6. The number of rotatable bonds is 5. The first-order chi connectivity index (χ1) is 13.1. The van der Waals surface area contributed by atoms with Crippen molar-refractivity contribution in [3.8, 4) is 0 Å². The maximum atomic E-state index is 13.1. The SMILES string of the molecule is COC(=O)CCc1ccc(C(=O)c2ccc3c(c2)C(C)(C)CCC3(C)C)cc1. The summed E-state index contributed by atoms with van der Waals surface area (Å²) in [5.74, 6) is -0.179. The van der Waals surface area contributed by atoms with Crippen LogP contribution in [0.4, 0.5) is 0 Å². The van der Waals surface area contributed by atoms with E-state index in [2.05, 4.69) is 44.6 Å². The molecule has 0 saturated heterocycles. The van der Waals surface area contributed by atoms with Crippen LogP contribution in [-0.4, -0.2) is 18.9 Å². The van der Waals surface area contributed by atoms with Crippen LogP contribution in [0.15, 0.2) is 42.5 Å². The first kappa shape index (κ1) is 20.3. The lowest BCUT2D eigenvalue weighted by atomic mass is 9.63. The predicted molar refractivity (Wildman–Crippen MR) is 112 cm³/mol. The lowest BCUT2D eigenvalue weighted by Crippen LogP contribution is -2.34. The number of ether oxygens (including phenoxy) is 1. The molecule has 0 bridgehead atoms. The molecule has 0 N–H and O–H groups in total. The topological polar surface area (TPSA) is 43.4 Å². The van der Waals surface area contributed by atoms with E-state index in [1.165, 1.54) is 18.2 Å². The van der Waals surface area contributed by atoms with Gasteiger partial charge in [0, 0.05) is 17.5 Å². The van der Waals surface area contributed by atoms with Crippen molar-refractivity contribution in [3.05, 3.63) is 70.3 Å². The van der Waals surface area contributed by atoms with E-state index < -0.39 is 0 Å². The first-order valence-corrected chi connectivity index (χ1v) is 9.99. The van der Waals surface area contributed by atoms with Gasteiger partial charge in [0.25, 0.3) is 0 Å². The van der Waals surface area contributed by atoms with Crippen LogP contribution >= 0.6 is 0 Å². The van der Waals surface area contributed by atoms with Gasteiger partial charge in [-0.15, -0.1) is 0 Å². The Hall–Kier alpha value is -2.42. The summed E-state index contributed by atoms with van der Waals surface area (Å²) in [6.45, 7) is 9.11. The summed E-state index contributed by atoms with van der Waals surface area (Å²) >= 11 is 0. The second kappa shape index (κ2) is 7.54. The monoisotopic (exact) mass is 378 g/mol. The molecule has 0 saturated carbocycles. The quantitative estimate of drug-likeness (QED) is 0.519. The Kier molecular flexibility index (Phi) is 5.47. The molecule has 3 heteroatoms. The molecule has 1 aliphatic carbocycles. The molecular weight excluding hydrogens is 348 g/mol. The predicted octanol–water partition coefficient (Wildman–Crippen LogP) is 5.37. The Morgan fingerprint density at radius 2 is 1.43 bits per heavy atom. The molecule has 3 nitrogen and oxygen atoms in total. The van der Waals surface area contributed by atoms with E-state index in [0.717, 1.165) is 24.0 Å². The third-order valence-corrected chi connectivity index (χ3v) is 6.18. The molecule has 0 fully saturated rings. The summed E-state index contributed by atoms with van der Waals surface area (Å²) < 4.78 is 4.68. The number of hydrogen-bond donors (Lipinski definition) is 0. The molecule has 1 aliphatic rings. The molecule has 0 spiro atoms. The van der Waals surface area contributed by atoms with Crippen LogP contribution in [-0.2, 0) is 26.8 Å². The van der Waals surface area contributed by atoms with Gasteiger partial charge >= 0.3 is 5.97 Å². The number of hydrogen-bond acceptors (Lipinski definition) is 3. The second-order valence-electron chi connectivity index (χ2n) is 9.13. The minimum absolute atomic E-state index is 0.0431. The minimum Gasteiger partial charge on any atom is -0.469 e.